The molecule has 3 aromatic carbocycles. The lowest BCUT2D eigenvalue weighted by Gasteiger charge is -2.35. The summed E-state index contributed by atoms with van der Waals surface area (Å²) < 4.78 is 5.60. The molecule has 36 heavy (non-hydrogen) atoms. The number of fused-ring (bicyclic) bond motifs is 3. The van der Waals surface area contributed by atoms with Crippen molar-refractivity contribution in [1.29, 1.82) is 0 Å². The van der Waals surface area contributed by atoms with Crippen LogP contribution in [0.5, 0.6) is 5.75 Å². The predicted molar refractivity (Wildman–Crippen MR) is 143 cm³/mol. The van der Waals surface area contributed by atoms with Crippen molar-refractivity contribution < 1.29 is 14.3 Å². The van der Waals surface area contributed by atoms with Gasteiger partial charge in [0.05, 0.1) is 24.2 Å². The molecule has 3 aliphatic heterocycles. The molecular weight excluding hydrogens is 470 g/mol. The second kappa shape index (κ2) is 8.98. The van der Waals surface area contributed by atoms with E-state index in [-0.39, 0.29) is 17.1 Å². The van der Waals surface area contributed by atoms with Crippen molar-refractivity contribution in [2.75, 3.05) is 29.6 Å². The second-order valence-corrected chi connectivity index (χ2v) is 11.0. The number of anilines is 2. The van der Waals surface area contributed by atoms with Gasteiger partial charge in [0.2, 0.25) is 10.8 Å². The lowest BCUT2D eigenvalue weighted by Crippen LogP contribution is -2.52. The summed E-state index contributed by atoms with van der Waals surface area (Å²) >= 11 is 1.44. The van der Waals surface area contributed by atoms with Gasteiger partial charge in [0, 0.05) is 24.3 Å². The number of carbonyl (C=O) groups is 2. The highest BCUT2D eigenvalue weighted by Gasteiger charge is 2.63. The Balaban J connectivity index is 1.38. The van der Waals surface area contributed by atoms with Gasteiger partial charge in [-0.2, -0.15) is 0 Å². The number of carbonyl (C=O) groups excluding carboxylic acids is 2. The molecule has 1 spiro atoms. The molecule has 0 N–H and O–H groups in total. The average Bonchev–Trinajstić information content (AvgIpc) is 3.30. The quantitative estimate of drug-likeness (QED) is 0.506. The third-order valence-corrected chi connectivity index (χ3v) is 8.76. The van der Waals surface area contributed by atoms with Crippen molar-refractivity contribution in [3.05, 3.63) is 89.5 Å². The highest BCUT2D eigenvalue weighted by atomic mass is 32.2. The Morgan fingerprint density at radius 1 is 0.972 bits per heavy atom. The maximum Gasteiger partial charge on any atom is 0.269 e. The van der Waals surface area contributed by atoms with E-state index in [1.807, 2.05) is 67.3 Å². The van der Waals surface area contributed by atoms with Crippen LogP contribution in [0.4, 0.5) is 11.4 Å². The monoisotopic (exact) mass is 499 g/mol. The molecule has 6 nitrogen and oxygen atoms in total. The van der Waals surface area contributed by atoms with Gasteiger partial charge in [-0.3, -0.25) is 24.3 Å². The van der Waals surface area contributed by atoms with Gasteiger partial charge in [-0.1, -0.05) is 42.5 Å². The summed E-state index contributed by atoms with van der Waals surface area (Å²) in [6.45, 7) is 6.59. The number of rotatable bonds is 5. The molecule has 2 amide bonds. The van der Waals surface area contributed by atoms with E-state index in [0.29, 0.717) is 19.0 Å². The maximum absolute atomic E-state index is 14.4. The molecular formula is C29H29N3O3S. The Labute approximate surface area is 215 Å². The zero-order valence-corrected chi connectivity index (χ0v) is 21.3. The minimum Gasteiger partial charge on any atom is -0.494 e. The first-order valence-corrected chi connectivity index (χ1v) is 13.4. The fourth-order valence-corrected chi connectivity index (χ4v) is 7.14. The predicted octanol–water partition coefficient (Wildman–Crippen LogP) is 4.77. The summed E-state index contributed by atoms with van der Waals surface area (Å²) in [5, 5.41) is -0.338. The summed E-state index contributed by atoms with van der Waals surface area (Å²) in [5.74, 6) is 0.632. The summed E-state index contributed by atoms with van der Waals surface area (Å²) in [4.78, 5) is 32.8. The highest BCUT2D eigenvalue weighted by molar-refractivity contribution is 8.03. The van der Waals surface area contributed by atoms with Crippen molar-refractivity contribution in [3.8, 4) is 5.75 Å². The van der Waals surface area contributed by atoms with Gasteiger partial charge >= 0.3 is 0 Å². The fraction of sp³-hybridized carbons (Fsp3) is 0.310. The van der Waals surface area contributed by atoms with Crippen molar-refractivity contribution in [2.24, 2.45) is 0 Å². The lowest BCUT2D eigenvalue weighted by molar-refractivity contribution is -0.124. The minimum atomic E-state index is -1.12. The second-order valence-electron chi connectivity index (χ2n) is 9.47. The maximum atomic E-state index is 14.4. The number of thioether (sulfide) groups is 1. The first-order chi connectivity index (χ1) is 17.5. The molecule has 184 valence electrons. The van der Waals surface area contributed by atoms with Crippen LogP contribution in [-0.4, -0.2) is 41.8 Å². The standard InChI is InChI=1S/C29H29N3O3S/c1-3-35-24-14-12-23(13-15-24)32-27(33)20(2)36-29(32)25-10-6-7-11-26(25)31(28(29)34)19-30-17-16-21-8-4-5-9-22(21)18-30/h4-15,20H,3,16-19H2,1-2H3/t20-,29-/m1/s1. The fourth-order valence-electron chi connectivity index (χ4n) is 5.61. The Hall–Kier alpha value is -3.29. The van der Waals surface area contributed by atoms with Crippen LogP contribution >= 0.6 is 11.8 Å². The van der Waals surface area contributed by atoms with E-state index in [1.165, 1.54) is 22.9 Å². The lowest BCUT2D eigenvalue weighted by atomic mass is 10.0. The molecule has 3 aliphatic rings. The van der Waals surface area contributed by atoms with E-state index < -0.39 is 4.87 Å². The normalized spacial score (nSPS) is 23.3. The number of amides is 2. The van der Waals surface area contributed by atoms with Gasteiger partial charge in [0.1, 0.15) is 5.75 Å². The van der Waals surface area contributed by atoms with Gasteiger partial charge < -0.3 is 4.74 Å². The number of benzene rings is 3. The van der Waals surface area contributed by atoms with Crippen molar-refractivity contribution in [2.45, 2.75) is 36.9 Å². The van der Waals surface area contributed by atoms with Crippen LogP contribution in [0, 0.1) is 0 Å². The van der Waals surface area contributed by atoms with Gasteiger partial charge in [-0.05, 0) is 61.7 Å². The first-order valence-electron chi connectivity index (χ1n) is 12.5. The zero-order chi connectivity index (χ0) is 24.9. The summed E-state index contributed by atoms with van der Waals surface area (Å²) in [7, 11) is 0. The molecule has 0 aromatic heterocycles. The zero-order valence-electron chi connectivity index (χ0n) is 20.5. The molecule has 3 heterocycles. The van der Waals surface area contributed by atoms with Crippen LogP contribution < -0.4 is 14.5 Å². The van der Waals surface area contributed by atoms with Gasteiger partial charge in [-0.15, -0.1) is 11.8 Å². The minimum absolute atomic E-state index is 0.0546. The largest absolute Gasteiger partial charge is 0.494 e. The molecule has 1 saturated heterocycles. The van der Waals surface area contributed by atoms with Crippen LogP contribution in [-0.2, 0) is 27.4 Å². The third-order valence-electron chi connectivity index (χ3n) is 7.28. The summed E-state index contributed by atoms with van der Waals surface area (Å²) in [6, 6.07) is 23.9. The summed E-state index contributed by atoms with van der Waals surface area (Å²) in [5.41, 5.74) is 5.16. The van der Waals surface area contributed by atoms with E-state index in [2.05, 4.69) is 29.2 Å². The molecule has 0 aliphatic carbocycles. The van der Waals surface area contributed by atoms with E-state index in [9.17, 15) is 9.59 Å². The van der Waals surface area contributed by atoms with Crippen molar-refractivity contribution in [1.82, 2.24) is 4.90 Å². The van der Waals surface area contributed by atoms with Gasteiger partial charge in [0.25, 0.3) is 5.91 Å². The SMILES string of the molecule is CCOc1ccc(N2C(=O)[C@@H](C)S[C@]23C(=O)N(CN2CCc4ccccc4C2)c2ccccc23)cc1. The number of nitrogens with zero attached hydrogens (tertiary/aromatic N) is 3. The van der Waals surface area contributed by atoms with Crippen LogP contribution in [0.25, 0.3) is 0 Å². The molecule has 0 unspecified atom stereocenters. The van der Waals surface area contributed by atoms with Crippen molar-refractivity contribution >= 4 is 35.0 Å². The Morgan fingerprint density at radius 2 is 1.69 bits per heavy atom. The van der Waals surface area contributed by atoms with Crippen LogP contribution in [0.2, 0.25) is 0 Å². The van der Waals surface area contributed by atoms with Crippen LogP contribution in [0.1, 0.15) is 30.5 Å². The van der Waals surface area contributed by atoms with Crippen LogP contribution in [0.3, 0.4) is 0 Å². The number of hydrogen-bond acceptors (Lipinski definition) is 5. The molecule has 7 heteroatoms. The van der Waals surface area contributed by atoms with E-state index >= 15 is 0 Å². The van der Waals surface area contributed by atoms with E-state index in [0.717, 1.165) is 36.5 Å². The molecule has 3 aromatic rings. The Bertz CT molecular complexity index is 1330. The summed E-state index contributed by atoms with van der Waals surface area (Å²) in [6.07, 6.45) is 0.966. The molecule has 0 radical (unpaired) electrons. The molecule has 1 fully saturated rings. The molecule has 0 saturated carbocycles. The van der Waals surface area contributed by atoms with E-state index in [1.54, 1.807) is 4.90 Å². The van der Waals surface area contributed by atoms with Gasteiger partial charge in [0.15, 0.2) is 0 Å². The van der Waals surface area contributed by atoms with Crippen LogP contribution in [0.15, 0.2) is 72.8 Å². The molecule has 0 bridgehead atoms. The number of para-hydroxylation sites is 1. The highest BCUT2D eigenvalue weighted by Crippen LogP contribution is 2.57. The first kappa shape index (κ1) is 23.1. The third kappa shape index (κ3) is 3.52. The van der Waals surface area contributed by atoms with Gasteiger partial charge in [-0.25, -0.2) is 0 Å². The topological polar surface area (TPSA) is 53.1 Å². The molecule has 2 atom stereocenters. The Kier molecular flexibility index (Phi) is 5.77. The number of ether oxygens (including phenoxy) is 1. The van der Waals surface area contributed by atoms with E-state index in [4.69, 9.17) is 4.74 Å². The number of hydrogen-bond donors (Lipinski definition) is 0. The smallest absolute Gasteiger partial charge is 0.269 e. The Morgan fingerprint density at radius 3 is 2.47 bits per heavy atom. The van der Waals surface area contributed by atoms with Crippen molar-refractivity contribution in [3.63, 3.8) is 0 Å². The average molecular weight is 500 g/mol. The molecule has 6 rings (SSSR count).